The summed E-state index contributed by atoms with van der Waals surface area (Å²) in [5, 5.41) is 11.6. The molecule has 0 radical (unpaired) electrons. The van der Waals surface area contributed by atoms with Crippen LogP contribution in [-0.2, 0) is 19.1 Å². The molecule has 0 aliphatic heterocycles. The quantitative estimate of drug-likeness (QED) is 0.589. The van der Waals surface area contributed by atoms with E-state index in [0.717, 1.165) is 22.3 Å². The van der Waals surface area contributed by atoms with Crippen molar-refractivity contribution < 1.29 is 29.0 Å². The Morgan fingerprint density at radius 1 is 1.06 bits per heavy atom. The van der Waals surface area contributed by atoms with Gasteiger partial charge in [0.1, 0.15) is 19.2 Å². The van der Waals surface area contributed by atoms with Gasteiger partial charge < -0.3 is 24.8 Å². The van der Waals surface area contributed by atoms with Gasteiger partial charge in [-0.1, -0.05) is 48.5 Å². The van der Waals surface area contributed by atoms with Gasteiger partial charge in [-0.05, 0) is 29.2 Å². The fraction of sp³-hybridized carbons (Fsp3) is 0.375. The topological polar surface area (TPSA) is 105 Å². The van der Waals surface area contributed by atoms with Crippen molar-refractivity contribution in [1.29, 1.82) is 0 Å². The summed E-state index contributed by atoms with van der Waals surface area (Å²) in [6.07, 6.45) is -0.525. The molecule has 0 heterocycles. The molecule has 1 aliphatic rings. The number of ether oxygens (including phenoxy) is 2. The van der Waals surface area contributed by atoms with Gasteiger partial charge in [-0.15, -0.1) is 0 Å². The van der Waals surface area contributed by atoms with E-state index >= 15 is 0 Å². The fourth-order valence-electron chi connectivity index (χ4n) is 4.00. The average Bonchev–Trinajstić information content (AvgIpc) is 3.12. The zero-order valence-electron chi connectivity index (χ0n) is 18.2. The number of likely N-dealkylation sites (N-methyl/N-ethyl adjacent to an activating group) is 1. The van der Waals surface area contributed by atoms with E-state index in [2.05, 4.69) is 17.4 Å². The molecule has 2 N–H and O–H groups in total. The van der Waals surface area contributed by atoms with E-state index in [4.69, 9.17) is 14.6 Å². The predicted octanol–water partition coefficient (Wildman–Crippen LogP) is 2.86. The maximum absolute atomic E-state index is 12.8. The molecule has 8 nitrogen and oxygen atoms in total. The minimum Gasteiger partial charge on any atom is -0.480 e. The third-order valence-corrected chi connectivity index (χ3v) is 5.56. The first kappa shape index (κ1) is 23.3. The molecular weight excluding hydrogens is 412 g/mol. The Balaban J connectivity index is 1.68. The highest BCUT2D eigenvalue weighted by atomic mass is 16.5. The molecule has 0 spiro atoms. The molecule has 1 unspecified atom stereocenters. The first-order chi connectivity index (χ1) is 15.5. The largest absolute Gasteiger partial charge is 0.480 e. The van der Waals surface area contributed by atoms with Gasteiger partial charge in [-0.25, -0.2) is 4.79 Å². The third kappa shape index (κ3) is 5.26. The van der Waals surface area contributed by atoms with E-state index in [9.17, 15) is 14.4 Å². The molecule has 8 heteroatoms. The number of alkyl carbamates (subject to hydrolysis) is 1. The highest BCUT2D eigenvalue weighted by Crippen LogP contribution is 2.44. The van der Waals surface area contributed by atoms with E-state index in [0.29, 0.717) is 0 Å². The average molecular weight is 440 g/mol. The number of hydrogen-bond donors (Lipinski definition) is 2. The number of nitrogens with zero attached hydrogens (tertiary/aromatic N) is 1. The third-order valence-electron chi connectivity index (χ3n) is 5.56. The van der Waals surface area contributed by atoms with Gasteiger partial charge >= 0.3 is 12.1 Å². The van der Waals surface area contributed by atoms with Crippen molar-refractivity contribution in [2.75, 3.05) is 33.4 Å². The summed E-state index contributed by atoms with van der Waals surface area (Å²) in [4.78, 5) is 37.6. The number of carbonyl (C=O) groups is 3. The summed E-state index contributed by atoms with van der Waals surface area (Å²) in [6.45, 7) is 1.80. The first-order valence-corrected chi connectivity index (χ1v) is 10.6. The highest BCUT2D eigenvalue weighted by molar-refractivity contribution is 5.88. The van der Waals surface area contributed by atoms with Crippen LogP contribution >= 0.6 is 0 Å². The van der Waals surface area contributed by atoms with Crippen LogP contribution in [-0.4, -0.2) is 67.4 Å². The van der Waals surface area contributed by atoms with Gasteiger partial charge in [0, 0.05) is 32.6 Å². The first-order valence-electron chi connectivity index (χ1n) is 10.6. The SMILES string of the molecule is CCN(CC(=O)O)C(=O)C(CCOC)NC(=O)OCC1c2ccccc2-c2ccccc21. The summed E-state index contributed by atoms with van der Waals surface area (Å²) in [5.41, 5.74) is 4.43. The summed E-state index contributed by atoms with van der Waals surface area (Å²) in [7, 11) is 1.49. The van der Waals surface area contributed by atoms with Crippen LogP contribution in [0.1, 0.15) is 30.4 Å². The van der Waals surface area contributed by atoms with Crippen molar-refractivity contribution in [2.24, 2.45) is 0 Å². The van der Waals surface area contributed by atoms with Crippen LogP contribution in [0.2, 0.25) is 0 Å². The molecule has 170 valence electrons. The van der Waals surface area contributed by atoms with Crippen molar-refractivity contribution in [1.82, 2.24) is 10.2 Å². The molecule has 0 fully saturated rings. The molecule has 2 aromatic rings. The minimum atomic E-state index is -1.12. The second kappa shape index (κ2) is 10.8. The number of aliphatic carboxylic acids is 1. The standard InChI is InChI=1S/C24H28N2O6/c1-3-26(14-22(27)28)23(29)21(12-13-31-2)25-24(30)32-15-20-18-10-6-4-8-16(18)17-9-5-7-11-19(17)20/h4-11,20-21H,3,12-15H2,1-2H3,(H,25,30)(H,27,28). The van der Waals surface area contributed by atoms with Gasteiger partial charge in [0.05, 0.1) is 0 Å². The van der Waals surface area contributed by atoms with Crippen LogP contribution in [0.3, 0.4) is 0 Å². The molecule has 3 rings (SSSR count). The minimum absolute atomic E-state index is 0.0968. The number of rotatable bonds is 10. The van der Waals surface area contributed by atoms with Crippen LogP contribution < -0.4 is 5.32 Å². The molecule has 1 aliphatic carbocycles. The predicted molar refractivity (Wildman–Crippen MR) is 118 cm³/mol. The number of fused-ring (bicyclic) bond motifs is 3. The number of carboxylic acids is 1. The molecule has 0 bridgehead atoms. The van der Waals surface area contributed by atoms with E-state index in [1.54, 1.807) is 6.92 Å². The number of methoxy groups -OCH3 is 1. The monoisotopic (exact) mass is 440 g/mol. The molecular formula is C24H28N2O6. The van der Waals surface area contributed by atoms with Crippen molar-refractivity contribution >= 4 is 18.0 Å². The lowest BCUT2D eigenvalue weighted by atomic mass is 9.98. The molecule has 0 saturated carbocycles. The fourth-order valence-corrected chi connectivity index (χ4v) is 4.00. The van der Waals surface area contributed by atoms with E-state index in [1.165, 1.54) is 12.0 Å². The molecule has 2 aromatic carbocycles. The number of hydrogen-bond acceptors (Lipinski definition) is 5. The van der Waals surface area contributed by atoms with Gasteiger partial charge in [0.25, 0.3) is 0 Å². The lowest BCUT2D eigenvalue weighted by Crippen LogP contribution is -2.50. The van der Waals surface area contributed by atoms with E-state index in [1.807, 2.05) is 36.4 Å². The molecule has 2 amide bonds. The summed E-state index contributed by atoms with van der Waals surface area (Å²) >= 11 is 0. The zero-order chi connectivity index (χ0) is 23.1. The number of nitrogens with one attached hydrogen (secondary N) is 1. The Hall–Kier alpha value is -3.39. The van der Waals surface area contributed by atoms with Gasteiger partial charge in [-0.3, -0.25) is 9.59 Å². The molecule has 32 heavy (non-hydrogen) atoms. The van der Waals surface area contributed by atoms with E-state index in [-0.39, 0.29) is 32.1 Å². The van der Waals surface area contributed by atoms with Crippen molar-refractivity contribution in [2.45, 2.75) is 25.3 Å². The Labute approximate surface area is 187 Å². The lowest BCUT2D eigenvalue weighted by molar-refractivity contribution is -0.145. The Morgan fingerprint density at radius 3 is 2.19 bits per heavy atom. The van der Waals surface area contributed by atoms with E-state index < -0.39 is 30.6 Å². The van der Waals surface area contributed by atoms with Gasteiger partial charge in [0.15, 0.2) is 0 Å². The van der Waals surface area contributed by atoms with Gasteiger partial charge in [0.2, 0.25) is 5.91 Å². The van der Waals surface area contributed by atoms with Crippen molar-refractivity contribution in [3.63, 3.8) is 0 Å². The number of carbonyl (C=O) groups excluding carboxylic acids is 2. The van der Waals surface area contributed by atoms with Crippen LogP contribution in [0.5, 0.6) is 0 Å². The van der Waals surface area contributed by atoms with Crippen LogP contribution in [0.4, 0.5) is 4.79 Å². The lowest BCUT2D eigenvalue weighted by Gasteiger charge is -2.25. The normalized spacial score (nSPS) is 13.1. The second-order valence-electron chi connectivity index (χ2n) is 7.55. The zero-order valence-corrected chi connectivity index (χ0v) is 18.2. The summed E-state index contributed by atoms with van der Waals surface area (Å²) < 4.78 is 10.6. The number of amides is 2. The molecule has 0 saturated heterocycles. The van der Waals surface area contributed by atoms with Crippen LogP contribution in [0.25, 0.3) is 11.1 Å². The summed E-state index contributed by atoms with van der Waals surface area (Å²) in [5.74, 6) is -1.70. The summed E-state index contributed by atoms with van der Waals surface area (Å²) in [6, 6.07) is 15.1. The van der Waals surface area contributed by atoms with Crippen molar-refractivity contribution in [3.8, 4) is 11.1 Å². The second-order valence-corrected chi connectivity index (χ2v) is 7.55. The Kier molecular flexibility index (Phi) is 7.83. The number of benzene rings is 2. The Bertz CT molecular complexity index is 931. The van der Waals surface area contributed by atoms with Gasteiger partial charge in [-0.2, -0.15) is 0 Å². The highest BCUT2D eigenvalue weighted by Gasteiger charge is 2.30. The van der Waals surface area contributed by atoms with Crippen LogP contribution in [0, 0.1) is 0 Å². The maximum Gasteiger partial charge on any atom is 0.407 e. The smallest absolute Gasteiger partial charge is 0.407 e. The maximum atomic E-state index is 12.8. The molecule has 0 aromatic heterocycles. The Morgan fingerprint density at radius 2 is 1.66 bits per heavy atom. The number of carboxylic acid groups (broad SMARTS) is 1. The molecule has 1 atom stereocenters. The van der Waals surface area contributed by atoms with Crippen LogP contribution in [0.15, 0.2) is 48.5 Å². The van der Waals surface area contributed by atoms with Crippen molar-refractivity contribution in [3.05, 3.63) is 59.7 Å².